The molecule has 0 aliphatic carbocycles. The molecule has 0 bridgehead atoms. The van der Waals surface area contributed by atoms with Crippen LogP contribution in [0.4, 0.5) is 5.69 Å². The molecule has 0 saturated carbocycles. The SMILES string of the molecule is COc1ccc(N[C@@H](CC(=O)c2c(O)c3ccccc3n(C)c2=O)c2c(O)ccc3ccccc23)cc1. The molecule has 0 spiro atoms. The number of methoxy groups -OCH3 is 1. The van der Waals surface area contributed by atoms with Crippen LogP contribution in [0.5, 0.6) is 17.2 Å². The highest BCUT2D eigenvalue weighted by Gasteiger charge is 2.27. The number of hydrogen-bond acceptors (Lipinski definition) is 6. The number of aromatic nitrogens is 1. The first-order chi connectivity index (χ1) is 17.9. The van der Waals surface area contributed by atoms with E-state index in [0.717, 1.165) is 10.8 Å². The van der Waals surface area contributed by atoms with Crippen LogP contribution in [0.2, 0.25) is 0 Å². The summed E-state index contributed by atoms with van der Waals surface area (Å²) in [6.07, 6.45) is -0.186. The van der Waals surface area contributed by atoms with Gasteiger partial charge < -0.3 is 24.8 Å². The van der Waals surface area contributed by atoms with Crippen LogP contribution < -0.4 is 15.6 Å². The highest BCUT2D eigenvalue weighted by molar-refractivity contribution is 6.04. The number of fused-ring (bicyclic) bond motifs is 2. The molecule has 7 heteroatoms. The monoisotopic (exact) mass is 494 g/mol. The quantitative estimate of drug-likeness (QED) is 0.257. The number of ether oxygens (including phenoxy) is 1. The average molecular weight is 495 g/mol. The fourth-order valence-corrected chi connectivity index (χ4v) is 4.78. The Hall–Kier alpha value is -4.78. The Morgan fingerprint density at radius 2 is 1.59 bits per heavy atom. The van der Waals surface area contributed by atoms with Crippen molar-refractivity contribution in [3.05, 3.63) is 106 Å². The molecule has 5 rings (SSSR count). The van der Waals surface area contributed by atoms with E-state index in [1.165, 1.54) is 4.57 Å². The van der Waals surface area contributed by atoms with Crippen LogP contribution in [-0.4, -0.2) is 27.7 Å². The van der Waals surface area contributed by atoms with E-state index < -0.39 is 17.4 Å². The van der Waals surface area contributed by atoms with E-state index in [1.54, 1.807) is 56.6 Å². The van der Waals surface area contributed by atoms with Gasteiger partial charge in [-0.05, 0) is 53.2 Å². The van der Waals surface area contributed by atoms with Gasteiger partial charge in [-0.1, -0.05) is 42.5 Å². The van der Waals surface area contributed by atoms with Crippen molar-refractivity contribution in [2.45, 2.75) is 12.5 Å². The van der Waals surface area contributed by atoms with E-state index >= 15 is 0 Å². The zero-order chi connectivity index (χ0) is 26.1. The summed E-state index contributed by atoms with van der Waals surface area (Å²) in [5.74, 6) is -0.180. The molecular formula is C30H26N2O5. The molecule has 0 aliphatic heterocycles. The Bertz CT molecular complexity index is 1690. The van der Waals surface area contributed by atoms with Crippen molar-refractivity contribution in [1.29, 1.82) is 0 Å². The maximum atomic E-state index is 13.7. The Labute approximate surface area is 213 Å². The van der Waals surface area contributed by atoms with Crippen LogP contribution in [-0.2, 0) is 7.05 Å². The van der Waals surface area contributed by atoms with Gasteiger partial charge in [0.25, 0.3) is 5.56 Å². The van der Waals surface area contributed by atoms with Gasteiger partial charge in [0, 0.05) is 30.1 Å². The molecule has 186 valence electrons. The molecule has 0 radical (unpaired) electrons. The summed E-state index contributed by atoms with van der Waals surface area (Å²) in [5.41, 5.74) is 0.899. The molecule has 1 aromatic heterocycles. The van der Waals surface area contributed by atoms with Crippen molar-refractivity contribution in [3.8, 4) is 17.2 Å². The van der Waals surface area contributed by atoms with Gasteiger partial charge in [-0.3, -0.25) is 9.59 Å². The molecule has 0 amide bonds. The van der Waals surface area contributed by atoms with Gasteiger partial charge in [0.05, 0.1) is 18.7 Å². The largest absolute Gasteiger partial charge is 0.508 e. The van der Waals surface area contributed by atoms with Crippen LogP contribution >= 0.6 is 0 Å². The number of phenolic OH excluding ortho intramolecular Hbond substituents is 1. The van der Waals surface area contributed by atoms with E-state index in [1.807, 2.05) is 42.5 Å². The summed E-state index contributed by atoms with van der Waals surface area (Å²) in [6.45, 7) is 0. The third kappa shape index (κ3) is 4.36. The molecule has 3 N–H and O–H groups in total. The number of ketones is 1. The number of anilines is 1. The maximum absolute atomic E-state index is 13.7. The molecule has 5 aromatic rings. The summed E-state index contributed by atoms with van der Waals surface area (Å²) in [5, 5.41) is 27.3. The standard InChI is InChI=1S/C30H26N2O5/c1-32-24-10-6-5-9-22(24)29(35)28(30(32)36)26(34)17-23(31-19-12-14-20(37-2)15-13-19)27-21-8-4-3-7-18(21)11-16-25(27)33/h3-16,23,31,33,35H,17H2,1-2H3/t23-/m0/s1. The predicted octanol–water partition coefficient (Wildman–Crippen LogP) is 5.54. The summed E-state index contributed by atoms with van der Waals surface area (Å²) >= 11 is 0. The third-order valence-electron chi connectivity index (χ3n) is 6.67. The third-order valence-corrected chi connectivity index (χ3v) is 6.67. The molecule has 0 saturated heterocycles. The van der Waals surface area contributed by atoms with Crippen LogP contribution in [0.25, 0.3) is 21.7 Å². The minimum Gasteiger partial charge on any atom is -0.508 e. The van der Waals surface area contributed by atoms with Crippen molar-refractivity contribution in [1.82, 2.24) is 4.57 Å². The van der Waals surface area contributed by atoms with Crippen molar-refractivity contribution < 1.29 is 19.7 Å². The zero-order valence-corrected chi connectivity index (χ0v) is 20.4. The number of nitrogens with zero attached hydrogens (tertiary/aromatic N) is 1. The number of hydrogen-bond donors (Lipinski definition) is 3. The van der Waals surface area contributed by atoms with Gasteiger partial charge in [0.15, 0.2) is 5.78 Å². The van der Waals surface area contributed by atoms with Crippen molar-refractivity contribution in [3.63, 3.8) is 0 Å². The molecular weight excluding hydrogens is 468 g/mol. The first kappa shape index (κ1) is 23.9. The van der Waals surface area contributed by atoms with Gasteiger partial charge in [0.1, 0.15) is 22.8 Å². The second-order valence-electron chi connectivity index (χ2n) is 8.88. The topological polar surface area (TPSA) is 101 Å². The first-order valence-electron chi connectivity index (χ1n) is 11.8. The minimum absolute atomic E-state index is 0.0214. The van der Waals surface area contributed by atoms with Crippen LogP contribution in [0.15, 0.2) is 89.7 Å². The van der Waals surface area contributed by atoms with Crippen LogP contribution in [0.3, 0.4) is 0 Å². The molecule has 7 nitrogen and oxygen atoms in total. The minimum atomic E-state index is -0.706. The Morgan fingerprint density at radius 3 is 2.32 bits per heavy atom. The van der Waals surface area contributed by atoms with Gasteiger partial charge in [-0.2, -0.15) is 0 Å². The summed E-state index contributed by atoms with van der Waals surface area (Å²) in [7, 11) is 3.15. The second-order valence-corrected chi connectivity index (χ2v) is 8.88. The lowest BCUT2D eigenvalue weighted by Crippen LogP contribution is -2.27. The van der Waals surface area contributed by atoms with Gasteiger partial charge in [-0.15, -0.1) is 0 Å². The Kier molecular flexibility index (Phi) is 6.27. The van der Waals surface area contributed by atoms with Crippen LogP contribution in [0.1, 0.15) is 28.4 Å². The lowest BCUT2D eigenvalue weighted by Gasteiger charge is -2.23. The molecule has 0 unspecified atom stereocenters. The molecule has 37 heavy (non-hydrogen) atoms. The van der Waals surface area contributed by atoms with Gasteiger partial charge in [-0.25, -0.2) is 0 Å². The number of benzene rings is 4. The highest BCUT2D eigenvalue weighted by atomic mass is 16.5. The summed E-state index contributed by atoms with van der Waals surface area (Å²) in [4.78, 5) is 26.9. The van der Waals surface area contributed by atoms with E-state index in [0.29, 0.717) is 27.9 Å². The number of Topliss-reactive ketones (excluding diaryl/α,β-unsaturated/α-hetero) is 1. The maximum Gasteiger partial charge on any atom is 0.265 e. The van der Waals surface area contributed by atoms with Gasteiger partial charge >= 0.3 is 0 Å². The molecule has 1 heterocycles. The van der Waals surface area contributed by atoms with E-state index in [4.69, 9.17) is 4.74 Å². The van der Waals surface area contributed by atoms with Gasteiger partial charge in [0.2, 0.25) is 0 Å². The van der Waals surface area contributed by atoms with Crippen LogP contribution in [0, 0.1) is 0 Å². The summed E-state index contributed by atoms with van der Waals surface area (Å²) < 4.78 is 6.61. The zero-order valence-electron chi connectivity index (χ0n) is 20.4. The first-order valence-corrected chi connectivity index (χ1v) is 11.8. The molecule has 4 aromatic carbocycles. The molecule has 1 atom stereocenters. The smallest absolute Gasteiger partial charge is 0.265 e. The Balaban J connectivity index is 1.63. The fourth-order valence-electron chi connectivity index (χ4n) is 4.78. The number of rotatable bonds is 7. The Morgan fingerprint density at radius 1 is 0.919 bits per heavy atom. The number of aromatic hydroxyl groups is 2. The molecule has 0 fully saturated rings. The van der Waals surface area contributed by atoms with E-state index in [2.05, 4.69) is 5.32 Å². The van der Waals surface area contributed by atoms with E-state index in [-0.39, 0.29) is 23.5 Å². The number of pyridine rings is 1. The van der Waals surface area contributed by atoms with Crippen molar-refractivity contribution in [2.75, 3.05) is 12.4 Å². The number of aryl methyl sites for hydroxylation is 1. The lowest BCUT2D eigenvalue weighted by molar-refractivity contribution is 0.0972. The number of carbonyl (C=O) groups is 1. The highest BCUT2D eigenvalue weighted by Crippen LogP contribution is 2.37. The average Bonchev–Trinajstić information content (AvgIpc) is 2.92. The predicted molar refractivity (Wildman–Crippen MR) is 145 cm³/mol. The summed E-state index contributed by atoms with van der Waals surface area (Å²) in [6, 6.07) is 24.4. The number of para-hydroxylation sites is 1. The second kappa shape index (κ2) is 9.70. The number of nitrogens with one attached hydrogen (secondary N) is 1. The number of phenols is 1. The van der Waals surface area contributed by atoms with Crippen molar-refractivity contribution >= 4 is 33.1 Å². The molecule has 0 aliphatic rings. The van der Waals surface area contributed by atoms with E-state index in [9.17, 15) is 19.8 Å². The lowest BCUT2D eigenvalue weighted by atomic mass is 9.92. The normalized spacial score (nSPS) is 11.9. The fraction of sp³-hybridized carbons (Fsp3) is 0.133. The number of carbonyl (C=O) groups excluding carboxylic acids is 1. The van der Waals surface area contributed by atoms with Crippen molar-refractivity contribution in [2.24, 2.45) is 7.05 Å².